The Morgan fingerprint density at radius 1 is 1.25 bits per heavy atom. The second-order valence-corrected chi connectivity index (χ2v) is 5.00. The van der Waals surface area contributed by atoms with Crippen molar-refractivity contribution in [2.45, 2.75) is 51.0 Å². The van der Waals surface area contributed by atoms with Crippen LogP contribution >= 0.6 is 0 Å². The van der Waals surface area contributed by atoms with Gasteiger partial charge in [-0.05, 0) is 38.0 Å². The van der Waals surface area contributed by atoms with Gasteiger partial charge >= 0.3 is 0 Å². The molecule has 2 unspecified atom stereocenters. The molecule has 2 atom stereocenters. The first kappa shape index (κ1) is 12.1. The zero-order valence-corrected chi connectivity index (χ0v) is 9.95. The fourth-order valence-corrected chi connectivity index (χ4v) is 2.57. The van der Waals surface area contributed by atoms with Gasteiger partial charge in [-0.1, -0.05) is 0 Å². The monoisotopic (exact) mass is 226 g/mol. The summed E-state index contributed by atoms with van der Waals surface area (Å²) in [6.07, 6.45) is 7.40. The summed E-state index contributed by atoms with van der Waals surface area (Å²) in [7, 11) is 0. The molecule has 2 saturated heterocycles. The molecule has 2 fully saturated rings. The van der Waals surface area contributed by atoms with E-state index in [0.717, 1.165) is 51.9 Å². The second-order valence-electron chi connectivity index (χ2n) is 5.00. The van der Waals surface area contributed by atoms with Gasteiger partial charge in [-0.15, -0.1) is 0 Å². The number of Topliss-reactive ketones (excluding diaryl/α,β-unsaturated/α-hetero) is 1. The zero-order chi connectivity index (χ0) is 11.2. The van der Waals surface area contributed by atoms with E-state index in [-0.39, 0.29) is 0 Å². The van der Waals surface area contributed by atoms with Gasteiger partial charge in [0.25, 0.3) is 0 Å². The summed E-state index contributed by atoms with van der Waals surface area (Å²) in [6.45, 7) is 2.55. The number of carbonyl (C=O) groups is 1. The Morgan fingerprint density at radius 2 is 2.19 bits per heavy atom. The van der Waals surface area contributed by atoms with Gasteiger partial charge < -0.3 is 9.47 Å². The first-order valence-corrected chi connectivity index (χ1v) is 6.55. The van der Waals surface area contributed by atoms with Crippen molar-refractivity contribution in [1.82, 2.24) is 0 Å². The van der Waals surface area contributed by atoms with Crippen LogP contribution in [0.5, 0.6) is 0 Å². The minimum absolute atomic E-state index is 0.411. The first-order valence-electron chi connectivity index (χ1n) is 6.55. The summed E-state index contributed by atoms with van der Waals surface area (Å²) < 4.78 is 10.8. The largest absolute Gasteiger partial charge is 0.381 e. The Bertz CT molecular complexity index is 215. The summed E-state index contributed by atoms with van der Waals surface area (Å²) in [5.41, 5.74) is 0. The number of hydrogen-bond acceptors (Lipinski definition) is 3. The van der Waals surface area contributed by atoms with E-state index in [1.54, 1.807) is 0 Å². The summed E-state index contributed by atoms with van der Waals surface area (Å²) in [6, 6.07) is 0. The van der Waals surface area contributed by atoms with Crippen LogP contribution in [0.1, 0.15) is 44.9 Å². The number of carbonyl (C=O) groups excluding carboxylic acids is 1. The summed E-state index contributed by atoms with van der Waals surface area (Å²) in [5.74, 6) is 0.906. The smallest absolute Gasteiger partial charge is 0.133 e. The topological polar surface area (TPSA) is 35.5 Å². The maximum absolute atomic E-state index is 11.7. The predicted molar refractivity (Wildman–Crippen MR) is 61.4 cm³/mol. The fourth-order valence-electron chi connectivity index (χ4n) is 2.57. The highest BCUT2D eigenvalue weighted by Crippen LogP contribution is 2.20. The van der Waals surface area contributed by atoms with Crippen LogP contribution in [-0.2, 0) is 14.3 Å². The van der Waals surface area contributed by atoms with Crippen LogP contribution in [0.3, 0.4) is 0 Å². The number of ether oxygens (including phenoxy) is 2. The van der Waals surface area contributed by atoms with Gasteiger partial charge in [0.05, 0.1) is 6.10 Å². The Labute approximate surface area is 97.5 Å². The van der Waals surface area contributed by atoms with E-state index >= 15 is 0 Å². The molecule has 0 spiro atoms. The lowest BCUT2D eigenvalue weighted by Gasteiger charge is -2.09. The highest BCUT2D eigenvalue weighted by molar-refractivity contribution is 5.78. The average molecular weight is 226 g/mol. The Balaban J connectivity index is 1.52. The van der Waals surface area contributed by atoms with Gasteiger partial charge in [0.15, 0.2) is 0 Å². The molecule has 92 valence electrons. The Kier molecular flexibility index (Phi) is 4.79. The molecule has 0 radical (unpaired) electrons. The van der Waals surface area contributed by atoms with E-state index in [4.69, 9.17) is 9.47 Å². The highest BCUT2D eigenvalue weighted by atomic mass is 16.5. The number of ketones is 1. The lowest BCUT2D eigenvalue weighted by atomic mass is 9.98. The van der Waals surface area contributed by atoms with Crippen molar-refractivity contribution < 1.29 is 14.3 Å². The normalized spacial score (nSPS) is 29.8. The van der Waals surface area contributed by atoms with Gasteiger partial charge in [0, 0.05) is 32.7 Å². The molecule has 0 N–H and O–H groups in total. The molecule has 0 saturated carbocycles. The third kappa shape index (κ3) is 3.87. The lowest BCUT2D eigenvalue weighted by Crippen LogP contribution is -2.10. The van der Waals surface area contributed by atoms with Crippen molar-refractivity contribution in [3.8, 4) is 0 Å². The van der Waals surface area contributed by atoms with Crippen molar-refractivity contribution in [3.05, 3.63) is 0 Å². The maximum atomic E-state index is 11.7. The van der Waals surface area contributed by atoms with Crippen LogP contribution in [0.4, 0.5) is 0 Å². The van der Waals surface area contributed by atoms with Crippen molar-refractivity contribution in [2.24, 2.45) is 5.92 Å². The van der Waals surface area contributed by atoms with E-state index in [0.29, 0.717) is 17.8 Å². The van der Waals surface area contributed by atoms with Gasteiger partial charge in [0.1, 0.15) is 5.78 Å². The molecule has 0 amide bonds. The molecule has 0 aliphatic carbocycles. The Hall–Kier alpha value is -0.410. The van der Waals surface area contributed by atoms with Crippen molar-refractivity contribution in [3.63, 3.8) is 0 Å². The highest BCUT2D eigenvalue weighted by Gasteiger charge is 2.19. The van der Waals surface area contributed by atoms with Crippen molar-refractivity contribution in [2.75, 3.05) is 19.8 Å². The fraction of sp³-hybridized carbons (Fsp3) is 0.923. The van der Waals surface area contributed by atoms with E-state index in [9.17, 15) is 4.79 Å². The average Bonchev–Trinajstić information content (AvgIpc) is 2.90. The third-order valence-corrected chi connectivity index (χ3v) is 3.55. The standard InChI is InChI=1S/C13H22O3/c14-12(9-11-6-8-15-10-11)3-1-4-13-5-2-7-16-13/h11,13H,1-10H2. The molecule has 0 aromatic heterocycles. The zero-order valence-electron chi connectivity index (χ0n) is 9.95. The second kappa shape index (κ2) is 6.36. The van der Waals surface area contributed by atoms with Crippen LogP contribution in [0.15, 0.2) is 0 Å². The van der Waals surface area contributed by atoms with Gasteiger partial charge in [-0.25, -0.2) is 0 Å². The van der Waals surface area contributed by atoms with Crippen LogP contribution < -0.4 is 0 Å². The molecule has 0 bridgehead atoms. The van der Waals surface area contributed by atoms with E-state index in [2.05, 4.69) is 0 Å². The van der Waals surface area contributed by atoms with Crippen molar-refractivity contribution in [1.29, 1.82) is 0 Å². The van der Waals surface area contributed by atoms with E-state index in [1.807, 2.05) is 0 Å². The molecular weight excluding hydrogens is 204 g/mol. The quantitative estimate of drug-likeness (QED) is 0.697. The molecule has 3 heteroatoms. The molecule has 0 aromatic carbocycles. The van der Waals surface area contributed by atoms with Crippen LogP contribution in [0.2, 0.25) is 0 Å². The third-order valence-electron chi connectivity index (χ3n) is 3.55. The molecule has 2 rings (SSSR count). The molecule has 2 heterocycles. The van der Waals surface area contributed by atoms with Gasteiger partial charge in [0.2, 0.25) is 0 Å². The predicted octanol–water partition coefficient (Wildman–Crippen LogP) is 2.33. The maximum Gasteiger partial charge on any atom is 0.133 e. The van der Waals surface area contributed by atoms with Crippen LogP contribution in [0, 0.1) is 5.92 Å². The number of rotatable bonds is 6. The SMILES string of the molecule is O=C(CCCC1CCCO1)CC1CCOC1. The minimum atomic E-state index is 0.411. The van der Waals surface area contributed by atoms with Crippen molar-refractivity contribution >= 4 is 5.78 Å². The minimum Gasteiger partial charge on any atom is -0.381 e. The van der Waals surface area contributed by atoms with E-state index < -0.39 is 0 Å². The van der Waals surface area contributed by atoms with E-state index in [1.165, 1.54) is 12.8 Å². The van der Waals surface area contributed by atoms with Gasteiger partial charge in [-0.3, -0.25) is 4.79 Å². The van der Waals surface area contributed by atoms with Crippen LogP contribution in [-0.4, -0.2) is 31.7 Å². The van der Waals surface area contributed by atoms with Crippen LogP contribution in [0.25, 0.3) is 0 Å². The summed E-state index contributed by atoms with van der Waals surface area (Å²) in [5, 5.41) is 0. The molecular formula is C13H22O3. The Morgan fingerprint density at radius 3 is 2.88 bits per heavy atom. The molecule has 2 aliphatic rings. The summed E-state index contributed by atoms with van der Waals surface area (Å²) >= 11 is 0. The van der Waals surface area contributed by atoms with Gasteiger partial charge in [-0.2, -0.15) is 0 Å². The molecule has 2 aliphatic heterocycles. The molecule has 0 aromatic rings. The molecule has 3 nitrogen and oxygen atoms in total. The summed E-state index contributed by atoms with van der Waals surface area (Å²) in [4.78, 5) is 11.7. The lowest BCUT2D eigenvalue weighted by molar-refractivity contribution is -0.120. The molecule has 16 heavy (non-hydrogen) atoms. The number of hydrogen-bond donors (Lipinski definition) is 0. The first-order chi connectivity index (χ1) is 7.84.